The number of halogens is 2. The molecule has 1 aromatic carbocycles. The highest BCUT2D eigenvalue weighted by Gasteiger charge is 2.19. The van der Waals surface area contributed by atoms with Gasteiger partial charge in [-0.3, -0.25) is 4.90 Å². The van der Waals surface area contributed by atoms with Gasteiger partial charge in [-0.2, -0.15) is 0 Å². The Balaban J connectivity index is 0.000000902. The number of nitrogens with one attached hydrogen (secondary N) is 2. The summed E-state index contributed by atoms with van der Waals surface area (Å²) in [6.07, 6.45) is 2.03. The fourth-order valence-electron chi connectivity index (χ4n) is 2.74. The number of aromatic nitrogens is 1. The summed E-state index contributed by atoms with van der Waals surface area (Å²) >= 11 is 0. The summed E-state index contributed by atoms with van der Waals surface area (Å²) in [5.41, 5.74) is 2.68. The second-order valence-corrected chi connectivity index (χ2v) is 4.75. The van der Waals surface area contributed by atoms with Crippen LogP contribution in [0, 0.1) is 0 Å². The molecular weight excluding hydrogens is 281 g/mol. The van der Waals surface area contributed by atoms with Gasteiger partial charge in [0.05, 0.1) is 0 Å². The third kappa shape index (κ3) is 3.23. The molecule has 0 spiro atoms. The van der Waals surface area contributed by atoms with Crippen LogP contribution in [0.5, 0.6) is 0 Å². The van der Waals surface area contributed by atoms with E-state index in [1.54, 1.807) is 0 Å². The molecule has 1 aliphatic rings. The molecule has 3 nitrogen and oxygen atoms in total. The first-order valence-electron chi connectivity index (χ1n) is 6.37. The standard InChI is InChI=1S/C14H19N3.2ClH/c1-11(17-9-7-15-8-10-17)12-3-2-4-14-13(12)5-6-16-14;;/h2-6,11,15-16H,7-10H2,1H3;2*1H/t11-;;/m1../s1. The summed E-state index contributed by atoms with van der Waals surface area (Å²) in [7, 11) is 0. The van der Waals surface area contributed by atoms with Gasteiger partial charge in [0.15, 0.2) is 0 Å². The van der Waals surface area contributed by atoms with Crippen molar-refractivity contribution in [2.45, 2.75) is 13.0 Å². The Morgan fingerprint density at radius 3 is 2.58 bits per heavy atom. The summed E-state index contributed by atoms with van der Waals surface area (Å²) in [5, 5.41) is 4.77. The number of nitrogens with zero attached hydrogens (tertiary/aromatic N) is 1. The van der Waals surface area contributed by atoms with Crippen LogP contribution in [0.25, 0.3) is 10.9 Å². The summed E-state index contributed by atoms with van der Waals surface area (Å²) in [4.78, 5) is 5.84. The minimum Gasteiger partial charge on any atom is -0.361 e. The molecule has 1 atom stereocenters. The third-order valence-electron chi connectivity index (χ3n) is 3.78. The van der Waals surface area contributed by atoms with Crippen LogP contribution in [0.15, 0.2) is 30.5 Å². The molecule has 5 heteroatoms. The Kier molecular flexibility index (Phi) is 6.14. The fraction of sp³-hybridized carbons (Fsp3) is 0.429. The Morgan fingerprint density at radius 1 is 1.11 bits per heavy atom. The molecule has 1 fully saturated rings. The first kappa shape index (κ1) is 16.3. The van der Waals surface area contributed by atoms with Gasteiger partial charge >= 0.3 is 0 Å². The van der Waals surface area contributed by atoms with Crippen molar-refractivity contribution in [1.29, 1.82) is 0 Å². The van der Waals surface area contributed by atoms with Gasteiger partial charge < -0.3 is 10.3 Å². The number of aromatic amines is 1. The van der Waals surface area contributed by atoms with E-state index in [9.17, 15) is 0 Å². The number of fused-ring (bicyclic) bond motifs is 1. The van der Waals surface area contributed by atoms with Crippen LogP contribution in [-0.4, -0.2) is 36.1 Å². The van der Waals surface area contributed by atoms with E-state index in [4.69, 9.17) is 0 Å². The zero-order valence-electron chi connectivity index (χ0n) is 11.1. The van der Waals surface area contributed by atoms with Crippen LogP contribution < -0.4 is 5.32 Å². The number of rotatable bonds is 2. The van der Waals surface area contributed by atoms with Crippen LogP contribution in [-0.2, 0) is 0 Å². The summed E-state index contributed by atoms with van der Waals surface area (Å²) in [6.45, 7) is 6.80. The van der Waals surface area contributed by atoms with Crippen LogP contribution >= 0.6 is 24.8 Å². The molecule has 19 heavy (non-hydrogen) atoms. The van der Waals surface area contributed by atoms with E-state index < -0.39 is 0 Å². The zero-order chi connectivity index (χ0) is 11.7. The smallest absolute Gasteiger partial charge is 0.0457 e. The highest BCUT2D eigenvalue weighted by molar-refractivity contribution is 5.85. The lowest BCUT2D eigenvalue weighted by atomic mass is 10.0. The number of benzene rings is 1. The van der Waals surface area contributed by atoms with Crippen molar-refractivity contribution in [2.75, 3.05) is 26.2 Å². The molecule has 0 saturated carbocycles. The summed E-state index contributed by atoms with van der Waals surface area (Å²) < 4.78 is 0. The normalized spacial score (nSPS) is 17.5. The summed E-state index contributed by atoms with van der Waals surface area (Å²) in [5.74, 6) is 0. The molecule has 0 aliphatic carbocycles. The molecule has 0 unspecified atom stereocenters. The first-order chi connectivity index (χ1) is 8.36. The largest absolute Gasteiger partial charge is 0.361 e. The van der Waals surface area contributed by atoms with Gasteiger partial charge in [0, 0.05) is 49.3 Å². The Hall–Kier alpha value is -0.740. The predicted molar refractivity (Wildman–Crippen MR) is 85.7 cm³/mol. The molecule has 106 valence electrons. The molecule has 0 radical (unpaired) electrons. The van der Waals surface area contributed by atoms with E-state index in [2.05, 4.69) is 46.4 Å². The maximum Gasteiger partial charge on any atom is 0.0457 e. The molecule has 2 N–H and O–H groups in total. The van der Waals surface area contributed by atoms with Crippen LogP contribution in [0.4, 0.5) is 0 Å². The van der Waals surface area contributed by atoms with Crippen molar-refractivity contribution in [3.8, 4) is 0 Å². The van der Waals surface area contributed by atoms with Crippen molar-refractivity contribution in [3.05, 3.63) is 36.0 Å². The molecule has 2 aromatic rings. The van der Waals surface area contributed by atoms with Crippen LogP contribution in [0.1, 0.15) is 18.5 Å². The van der Waals surface area contributed by atoms with Gasteiger partial charge in [-0.25, -0.2) is 0 Å². The number of H-pyrrole nitrogens is 1. The molecule has 1 aromatic heterocycles. The SMILES string of the molecule is C[C@H](c1cccc2[nH]ccc12)N1CCNCC1.Cl.Cl. The number of hydrogen-bond donors (Lipinski definition) is 2. The molecule has 2 heterocycles. The fourth-order valence-corrected chi connectivity index (χ4v) is 2.74. The molecule has 0 bridgehead atoms. The zero-order valence-corrected chi connectivity index (χ0v) is 12.7. The van der Waals surface area contributed by atoms with Gasteiger partial charge in [-0.1, -0.05) is 12.1 Å². The molecule has 0 amide bonds. The second kappa shape index (κ2) is 7.15. The topological polar surface area (TPSA) is 31.1 Å². The highest BCUT2D eigenvalue weighted by atomic mass is 35.5. The molecule has 3 rings (SSSR count). The maximum absolute atomic E-state index is 3.41. The Bertz CT molecular complexity index is 506. The molecule has 1 aliphatic heterocycles. The quantitative estimate of drug-likeness (QED) is 0.893. The van der Waals surface area contributed by atoms with Crippen LogP contribution in [0.3, 0.4) is 0 Å². The average Bonchev–Trinajstić information content (AvgIpc) is 2.87. The minimum absolute atomic E-state index is 0. The summed E-state index contributed by atoms with van der Waals surface area (Å²) in [6, 6.07) is 9.22. The molecule has 1 saturated heterocycles. The predicted octanol–water partition coefficient (Wildman–Crippen LogP) is 2.98. The molecular formula is C14H21Cl2N3. The minimum atomic E-state index is 0. The maximum atomic E-state index is 3.41. The second-order valence-electron chi connectivity index (χ2n) is 4.75. The highest BCUT2D eigenvalue weighted by Crippen LogP contribution is 2.27. The third-order valence-corrected chi connectivity index (χ3v) is 3.78. The van der Waals surface area contributed by atoms with Gasteiger partial charge in [-0.05, 0) is 24.6 Å². The van der Waals surface area contributed by atoms with E-state index in [-0.39, 0.29) is 24.8 Å². The lowest BCUT2D eigenvalue weighted by molar-refractivity contribution is 0.186. The van der Waals surface area contributed by atoms with Gasteiger partial charge in [0.1, 0.15) is 0 Å². The average molecular weight is 302 g/mol. The van der Waals surface area contributed by atoms with Crippen molar-refractivity contribution < 1.29 is 0 Å². The van der Waals surface area contributed by atoms with E-state index >= 15 is 0 Å². The van der Waals surface area contributed by atoms with Crippen molar-refractivity contribution in [3.63, 3.8) is 0 Å². The lowest BCUT2D eigenvalue weighted by Crippen LogP contribution is -2.44. The van der Waals surface area contributed by atoms with Crippen molar-refractivity contribution >= 4 is 35.7 Å². The lowest BCUT2D eigenvalue weighted by Gasteiger charge is -2.33. The number of hydrogen-bond acceptors (Lipinski definition) is 2. The van der Waals surface area contributed by atoms with E-state index in [0.717, 1.165) is 26.2 Å². The Labute approximate surface area is 126 Å². The van der Waals surface area contributed by atoms with E-state index in [0.29, 0.717) is 6.04 Å². The van der Waals surface area contributed by atoms with Gasteiger partial charge in [0.2, 0.25) is 0 Å². The Morgan fingerprint density at radius 2 is 1.84 bits per heavy atom. The van der Waals surface area contributed by atoms with Crippen molar-refractivity contribution in [2.24, 2.45) is 0 Å². The first-order valence-corrected chi connectivity index (χ1v) is 6.37. The van der Waals surface area contributed by atoms with Crippen molar-refractivity contribution in [1.82, 2.24) is 15.2 Å². The monoisotopic (exact) mass is 301 g/mol. The van der Waals surface area contributed by atoms with Gasteiger partial charge in [-0.15, -0.1) is 24.8 Å². The van der Waals surface area contributed by atoms with E-state index in [1.807, 2.05) is 6.20 Å². The number of piperazine rings is 1. The van der Waals surface area contributed by atoms with Crippen LogP contribution in [0.2, 0.25) is 0 Å². The van der Waals surface area contributed by atoms with E-state index in [1.165, 1.54) is 16.5 Å². The van der Waals surface area contributed by atoms with Gasteiger partial charge in [0.25, 0.3) is 0 Å².